The van der Waals surface area contributed by atoms with E-state index in [-0.39, 0.29) is 5.92 Å². The van der Waals surface area contributed by atoms with Gasteiger partial charge in [0.1, 0.15) is 10.7 Å². The average Bonchev–Trinajstić information content (AvgIpc) is 3.38. The summed E-state index contributed by atoms with van der Waals surface area (Å²) in [7, 11) is -3.53. The number of piperidine rings is 1. The van der Waals surface area contributed by atoms with E-state index in [9.17, 15) is 8.42 Å². The van der Waals surface area contributed by atoms with Gasteiger partial charge in [-0.3, -0.25) is 4.68 Å². The fourth-order valence-electron chi connectivity index (χ4n) is 3.77. The summed E-state index contributed by atoms with van der Waals surface area (Å²) in [4.78, 5) is 9.28. The molecular weight excluding hydrogens is 420 g/mol. The second-order valence-electron chi connectivity index (χ2n) is 7.43. The Kier molecular flexibility index (Phi) is 6.16. The van der Waals surface area contributed by atoms with Gasteiger partial charge in [0.25, 0.3) is 0 Å². The van der Waals surface area contributed by atoms with Gasteiger partial charge < -0.3 is 5.32 Å². The molecule has 0 amide bonds. The normalized spacial score (nSPS) is 16.1. The molecule has 1 N–H and O–H groups in total. The Labute approximate surface area is 181 Å². The highest BCUT2D eigenvalue weighted by Gasteiger charge is 2.32. The number of anilines is 2. The first-order valence-electron chi connectivity index (χ1n) is 10.1. The summed E-state index contributed by atoms with van der Waals surface area (Å²) in [6.45, 7) is 5.49. The molecule has 1 aliphatic heterocycles. The highest BCUT2D eigenvalue weighted by Crippen LogP contribution is 2.31. The number of rotatable bonds is 7. The van der Waals surface area contributed by atoms with Crippen LogP contribution in [0.25, 0.3) is 0 Å². The molecule has 3 aromatic rings. The van der Waals surface area contributed by atoms with Crippen LogP contribution in [0.15, 0.2) is 40.9 Å². The third kappa shape index (κ3) is 4.40. The number of nitrogens with zero attached hydrogens (tertiary/aromatic N) is 5. The Morgan fingerprint density at radius 2 is 2.07 bits per heavy atom. The lowest BCUT2D eigenvalue weighted by molar-refractivity contribution is 0.316. The number of hydrogen-bond donors (Lipinski definition) is 1. The van der Waals surface area contributed by atoms with Crippen molar-refractivity contribution in [1.29, 1.82) is 0 Å². The Balaban J connectivity index is 1.43. The monoisotopic (exact) mass is 446 g/mol. The quantitative estimate of drug-likeness (QED) is 0.594. The van der Waals surface area contributed by atoms with Crippen LogP contribution in [0.5, 0.6) is 0 Å². The first kappa shape index (κ1) is 21.0. The number of thiazole rings is 1. The van der Waals surface area contributed by atoms with Gasteiger partial charge in [0.15, 0.2) is 5.13 Å². The number of sulfonamides is 1. The van der Waals surface area contributed by atoms with Crippen molar-refractivity contribution in [3.8, 4) is 0 Å². The molecule has 4 heterocycles. The van der Waals surface area contributed by atoms with E-state index in [2.05, 4.69) is 15.4 Å². The second-order valence-corrected chi connectivity index (χ2v) is 10.2. The third-order valence-electron chi connectivity index (χ3n) is 5.28. The smallest absolute Gasteiger partial charge is 0.246 e. The van der Waals surface area contributed by atoms with E-state index in [1.807, 2.05) is 30.5 Å². The summed E-state index contributed by atoms with van der Waals surface area (Å²) in [5, 5.41) is 10.3. The number of nitrogens with one attached hydrogen (secondary N) is 1. The van der Waals surface area contributed by atoms with Crippen LogP contribution in [0.3, 0.4) is 0 Å². The summed E-state index contributed by atoms with van der Waals surface area (Å²) >= 11 is 1.52. The van der Waals surface area contributed by atoms with Crippen LogP contribution in [0, 0.1) is 6.92 Å². The highest BCUT2D eigenvalue weighted by atomic mass is 32.2. The van der Waals surface area contributed by atoms with Crippen LogP contribution in [-0.4, -0.2) is 45.6 Å². The minimum Gasteiger partial charge on any atom is -0.316 e. The maximum Gasteiger partial charge on any atom is 0.246 e. The minimum atomic E-state index is -3.53. The fraction of sp³-hybridized carbons (Fsp3) is 0.450. The van der Waals surface area contributed by atoms with E-state index < -0.39 is 10.0 Å². The molecule has 0 spiro atoms. The van der Waals surface area contributed by atoms with E-state index in [1.54, 1.807) is 28.3 Å². The van der Waals surface area contributed by atoms with Crippen molar-refractivity contribution >= 4 is 32.3 Å². The van der Waals surface area contributed by atoms with Crippen LogP contribution in [0.2, 0.25) is 0 Å². The van der Waals surface area contributed by atoms with E-state index in [1.165, 1.54) is 11.3 Å². The number of pyridine rings is 1. The lowest BCUT2D eigenvalue weighted by Crippen LogP contribution is -2.38. The molecule has 30 heavy (non-hydrogen) atoms. The number of hydrogen-bond acceptors (Lipinski definition) is 7. The van der Waals surface area contributed by atoms with Crippen LogP contribution < -0.4 is 5.32 Å². The molecule has 1 saturated heterocycles. The topological polar surface area (TPSA) is 93.0 Å². The maximum atomic E-state index is 13.1. The lowest BCUT2D eigenvalue weighted by atomic mass is 9.94. The van der Waals surface area contributed by atoms with Crippen molar-refractivity contribution in [3.63, 3.8) is 0 Å². The average molecular weight is 447 g/mol. The van der Waals surface area contributed by atoms with E-state index in [4.69, 9.17) is 4.98 Å². The summed E-state index contributed by atoms with van der Waals surface area (Å²) in [6.07, 6.45) is 5.82. The first-order valence-corrected chi connectivity index (χ1v) is 12.5. The van der Waals surface area contributed by atoms with Gasteiger partial charge >= 0.3 is 0 Å². The summed E-state index contributed by atoms with van der Waals surface area (Å²) in [5.41, 5.74) is 1.55. The molecular formula is C20H26N6O2S2. The van der Waals surface area contributed by atoms with Gasteiger partial charge in [-0.2, -0.15) is 9.40 Å². The molecule has 0 saturated carbocycles. The maximum absolute atomic E-state index is 13.1. The highest BCUT2D eigenvalue weighted by molar-refractivity contribution is 7.89. The molecule has 0 aromatic carbocycles. The van der Waals surface area contributed by atoms with Crippen LogP contribution in [0.1, 0.15) is 43.5 Å². The van der Waals surface area contributed by atoms with E-state index in [0.717, 1.165) is 42.5 Å². The van der Waals surface area contributed by atoms with Gasteiger partial charge in [-0.15, -0.1) is 11.3 Å². The van der Waals surface area contributed by atoms with Crippen molar-refractivity contribution in [1.82, 2.24) is 24.1 Å². The number of aromatic nitrogens is 4. The SMILES string of the molecule is CCCn1cc(S(=O)(=O)N2CCC(c3cccc(Nc4nccs4)n3)CC2)c(C)n1. The van der Waals surface area contributed by atoms with Gasteiger partial charge in [-0.1, -0.05) is 13.0 Å². The second kappa shape index (κ2) is 8.83. The Bertz CT molecular complexity index is 1090. The minimum absolute atomic E-state index is 0.235. The Hall–Kier alpha value is -2.30. The molecule has 1 aliphatic rings. The largest absolute Gasteiger partial charge is 0.316 e. The molecule has 8 nitrogen and oxygen atoms in total. The van der Waals surface area contributed by atoms with E-state index >= 15 is 0 Å². The lowest BCUT2D eigenvalue weighted by Gasteiger charge is -2.30. The fourth-order valence-corrected chi connectivity index (χ4v) is 5.95. The van der Waals surface area contributed by atoms with Gasteiger partial charge in [-0.25, -0.2) is 18.4 Å². The van der Waals surface area contributed by atoms with E-state index in [0.29, 0.717) is 23.7 Å². The third-order valence-corrected chi connectivity index (χ3v) is 7.97. The van der Waals surface area contributed by atoms with Crippen LogP contribution in [-0.2, 0) is 16.6 Å². The Morgan fingerprint density at radius 3 is 2.77 bits per heavy atom. The molecule has 160 valence electrons. The molecule has 10 heteroatoms. The van der Waals surface area contributed by atoms with Gasteiger partial charge in [-0.05, 0) is 38.3 Å². The zero-order valence-corrected chi connectivity index (χ0v) is 18.8. The predicted molar refractivity (Wildman–Crippen MR) is 118 cm³/mol. The molecule has 0 atom stereocenters. The number of aryl methyl sites for hydroxylation is 2. The first-order chi connectivity index (χ1) is 14.5. The Morgan fingerprint density at radius 1 is 1.27 bits per heavy atom. The summed E-state index contributed by atoms with van der Waals surface area (Å²) in [5.74, 6) is 0.995. The van der Waals surface area contributed by atoms with Crippen molar-refractivity contribution < 1.29 is 8.42 Å². The molecule has 4 rings (SSSR count). The van der Waals surface area contributed by atoms with Crippen LogP contribution >= 0.6 is 11.3 Å². The predicted octanol–water partition coefficient (Wildman–Crippen LogP) is 3.76. The van der Waals surface area contributed by atoms with Crippen molar-refractivity contribution in [2.45, 2.75) is 50.5 Å². The molecule has 0 radical (unpaired) electrons. The van der Waals surface area contributed by atoms with Crippen molar-refractivity contribution in [2.75, 3.05) is 18.4 Å². The molecule has 0 unspecified atom stereocenters. The van der Waals surface area contributed by atoms with Crippen LogP contribution in [0.4, 0.5) is 10.9 Å². The zero-order valence-electron chi connectivity index (χ0n) is 17.2. The molecule has 3 aromatic heterocycles. The summed E-state index contributed by atoms with van der Waals surface area (Å²) in [6, 6.07) is 5.91. The van der Waals surface area contributed by atoms with Gasteiger partial charge in [0.05, 0.1) is 5.69 Å². The molecule has 0 bridgehead atoms. The van der Waals surface area contributed by atoms with Crippen molar-refractivity contribution in [3.05, 3.63) is 47.4 Å². The molecule has 0 aliphatic carbocycles. The van der Waals surface area contributed by atoms with Gasteiger partial charge in [0.2, 0.25) is 10.0 Å². The zero-order chi connectivity index (χ0) is 21.1. The van der Waals surface area contributed by atoms with Gasteiger partial charge in [0, 0.05) is 49.0 Å². The summed E-state index contributed by atoms with van der Waals surface area (Å²) < 4.78 is 29.6. The van der Waals surface area contributed by atoms with Crippen molar-refractivity contribution in [2.24, 2.45) is 0 Å². The standard InChI is InChI=1S/C20H26N6O2S2/c1-3-10-25-14-18(15(2)24-25)30(27,28)26-11-7-16(8-12-26)17-5-4-6-19(22-17)23-20-21-9-13-29-20/h4-6,9,13-14,16H,3,7-8,10-12H2,1-2H3,(H,21,22,23). The molecule has 1 fully saturated rings.